The van der Waals surface area contributed by atoms with E-state index in [9.17, 15) is 9.59 Å². The number of carbonyl (C=O) groups is 2. The number of amides is 2. The van der Waals surface area contributed by atoms with Gasteiger partial charge in [0, 0.05) is 19.0 Å². The Morgan fingerprint density at radius 2 is 1.56 bits per heavy atom. The molecule has 0 aliphatic rings. The van der Waals surface area contributed by atoms with Crippen LogP contribution in [0.15, 0.2) is 78.9 Å². The van der Waals surface area contributed by atoms with Crippen LogP contribution in [0.5, 0.6) is 5.75 Å². The summed E-state index contributed by atoms with van der Waals surface area (Å²) in [5.74, 6) is 0.472. The first-order valence-electron chi connectivity index (χ1n) is 11.7. The predicted octanol–water partition coefficient (Wildman–Crippen LogP) is 4.71. The van der Waals surface area contributed by atoms with Crippen molar-refractivity contribution in [2.24, 2.45) is 0 Å². The molecule has 0 unspecified atom stereocenters. The van der Waals surface area contributed by atoms with E-state index in [0.717, 1.165) is 28.0 Å². The normalized spacial score (nSPS) is 11.7. The van der Waals surface area contributed by atoms with Gasteiger partial charge in [-0.3, -0.25) is 9.59 Å². The molecule has 0 radical (unpaired) electrons. The molecule has 0 heterocycles. The van der Waals surface area contributed by atoms with Gasteiger partial charge < -0.3 is 15.0 Å². The molecule has 2 amide bonds. The second-order valence-electron chi connectivity index (χ2n) is 8.90. The van der Waals surface area contributed by atoms with Gasteiger partial charge in [-0.05, 0) is 49.6 Å². The van der Waals surface area contributed by atoms with Crippen molar-refractivity contribution in [3.8, 4) is 5.75 Å². The van der Waals surface area contributed by atoms with Gasteiger partial charge in [0.15, 0.2) is 0 Å². The highest BCUT2D eigenvalue weighted by Crippen LogP contribution is 2.19. The molecule has 3 rings (SSSR count). The Morgan fingerprint density at radius 3 is 2.21 bits per heavy atom. The third-order valence-corrected chi connectivity index (χ3v) is 5.67. The summed E-state index contributed by atoms with van der Waals surface area (Å²) in [6, 6.07) is 24.7. The molecule has 5 nitrogen and oxygen atoms in total. The summed E-state index contributed by atoms with van der Waals surface area (Å²) >= 11 is 0. The molecule has 1 N–H and O–H groups in total. The summed E-state index contributed by atoms with van der Waals surface area (Å²) in [4.78, 5) is 28.8. The fraction of sp³-hybridized carbons (Fsp3) is 0.310. The van der Waals surface area contributed by atoms with E-state index in [1.165, 1.54) is 0 Å². The van der Waals surface area contributed by atoms with Gasteiger partial charge in [0.05, 0.1) is 13.5 Å². The molecule has 3 aromatic carbocycles. The fourth-order valence-corrected chi connectivity index (χ4v) is 3.88. The number of hydrogen-bond acceptors (Lipinski definition) is 3. The molecule has 0 spiro atoms. The molecule has 0 saturated heterocycles. The summed E-state index contributed by atoms with van der Waals surface area (Å²) < 4.78 is 5.38. The Labute approximate surface area is 202 Å². The molecular weight excluding hydrogens is 424 g/mol. The first-order chi connectivity index (χ1) is 16.4. The summed E-state index contributed by atoms with van der Waals surface area (Å²) in [7, 11) is 1.62. The van der Waals surface area contributed by atoms with Crippen LogP contribution in [0.2, 0.25) is 0 Å². The minimum absolute atomic E-state index is 0.0309. The van der Waals surface area contributed by atoms with Crippen molar-refractivity contribution in [3.63, 3.8) is 0 Å². The lowest BCUT2D eigenvalue weighted by Gasteiger charge is -2.32. The molecule has 0 aliphatic carbocycles. The molecule has 5 heteroatoms. The lowest BCUT2D eigenvalue weighted by molar-refractivity contribution is -0.141. The predicted molar refractivity (Wildman–Crippen MR) is 136 cm³/mol. The third kappa shape index (κ3) is 7.20. The molecule has 0 bridgehead atoms. The lowest BCUT2D eigenvalue weighted by atomic mass is 10.0. The maximum atomic E-state index is 13.7. The van der Waals surface area contributed by atoms with Crippen molar-refractivity contribution in [1.29, 1.82) is 0 Å². The highest BCUT2D eigenvalue weighted by Gasteiger charge is 2.30. The second kappa shape index (κ2) is 12.0. The van der Waals surface area contributed by atoms with Crippen LogP contribution < -0.4 is 10.1 Å². The van der Waals surface area contributed by atoms with Gasteiger partial charge >= 0.3 is 0 Å². The molecule has 0 aliphatic heterocycles. The van der Waals surface area contributed by atoms with Crippen LogP contribution in [-0.4, -0.2) is 35.9 Å². The third-order valence-electron chi connectivity index (χ3n) is 5.67. The number of nitrogens with zero attached hydrogens (tertiary/aromatic N) is 1. The van der Waals surface area contributed by atoms with Crippen molar-refractivity contribution in [1.82, 2.24) is 10.2 Å². The number of nitrogens with one attached hydrogen (secondary N) is 1. The van der Waals surface area contributed by atoms with E-state index in [1.807, 2.05) is 99.6 Å². The first-order valence-corrected chi connectivity index (χ1v) is 11.7. The van der Waals surface area contributed by atoms with Crippen molar-refractivity contribution < 1.29 is 14.3 Å². The quantitative estimate of drug-likeness (QED) is 0.479. The number of methoxy groups -OCH3 is 1. The summed E-state index contributed by atoms with van der Waals surface area (Å²) in [5.41, 5.74) is 3.98. The van der Waals surface area contributed by atoms with Crippen LogP contribution in [0.25, 0.3) is 0 Å². The average Bonchev–Trinajstić information content (AvgIpc) is 2.83. The molecular formula is C29H34N2O3. The number of rotatable bonds is 10. The van der Waals surface area contributed by atoms with Crippen molar-refractivity contribution in [2.45, 2.75) is 52.2 Å². The maximum absolute atomic E-state index is 13.7. The van der Waals surface area contributed by atoms with Crippen LogP contribution in [0.4, 0.5) is 0 Å². The van der Waals surface area contributed by atoms with E-state index in [0.29, 0.717) is 13.0 Å². The zero-order valence-corrected chi connectivity index (χ0v) is 20.5. The first kappa shape index (κ1) is 25.0. The molecule has 3 aromatic rings. The van der Waals surface area contributed by atoms with Gasteiger partial charge in [-0.15, -0.1) is 0 Å². The zero-order valence-electron chi connectivity index (χ0n) is 20.5. The average molecular weight is 459 g/mol. The molecule has 178 valence electrons. The van der Waals surface area contributed by atoms with E-state index in [-0.39, 0.29) is 24.3 Å². The minimum atomic E-state index is -0.644. The monoisotopic (exact) mass is 458 g/mol. The van der Waals surface area contributed by atoms with Crippen LogP contribution in [0, 0.1) is 6.92 Å². The van der Waals surface area contributed by atoms with Gasteiger partial charge in [-0.1, -0.05) is 72.3 Å². The van der Waals surface area contributed by atoms with Gasteiger partial charge in [0.2, 0.25) is 11.8 Å². The van der Waals surface area contributed by atoms with Crippen molar-refractivity contribution in [3.05, 3.63) is 101 Å². The van der Waals surface area contributed by atoms with Gasteiger partial charge in [-0.25, -0.2) is 0 Å². The SMILES string of the molecule is COc1cccc(CN(C(=O)Cc2ccc(C)cc2)[C@@H](Cc2ccccc2)C(=O)NC(C)C)c1. The zero-order chi connectivity index (χ0) is 24.5. The Bertz CT molecular complexity index is 1080. The summed E-state index contributed by atoms with van der Waals surface area (Å²) in [6.45, 7) is 6.19. The number of carbonyl (C=O) groups excluding carboxylic acids is 2. The van der Waals surface area contributed by atoms with Crippen LogP contribution in [0.1, 0.15) is 36.1 Å². The molecule has 0 aromatic heterocycles. The molecule has 1 atom stereocenters. The van der Waals surface area contributed by atoms with Crippen LogP contribution >= 0.6 is 0 Å². The van der Waals surface area contributed by atoms with Crippen molar-refractivity contribution >= 4 is 11.8 Å². The minimum Gasteiger partial charge on any atom is -0.497 e. The summed E-state index contributed by atoms with van der Waals surface area (Å²) in [6.07, 6.45) is 0.660. The molecule has 34 heavy (non-hydrogen) atoms. The number of ether oxygens (including phenoxy) is 1. The van der Waals surface area contributed by atoms with E-state index >= 15 is 0 Å². The van der Waals surface area contributed by atoms with E-state index < -0.39 is 6.04 Å². The standard InChI is InChI=1S/C29H34N2O3/c1-21(2)30-29(33)27(18-23-9-6-5-7-10-23)31(20-25-11-8-12-26(17-25)34-4)28(32)19-24-15-13-22(3)14-16-24/h5-17,21,27H,18-20H2,1-4H3,(H,30,33)/t27-/m0/s1. The Hall–Kier alpha value is -3.60. The van der Waals surface area contributed by atoms with E-state index in [4.69, 9.17) is 4.74 Å². The van der Waals surface area contributed by atoms with E-state index in [1.54, 1.807) is 12.0 Å². The second-order valence-corrected chi connectivity index (χ2v) is 8.90. The highest BCUT2D eigenvalue weighted by molar-refractivity contribution is 5.89. The lowest BCUT2D eigenvalue weighted by Crippen LogP contribution is -2.52. The van der Waals surface area contributed by atoms with Gasteiger partial charge in [0.25, 0.3) is 0 Å². The largest absolute Gasteiger partial charge is 0.497 e. The Kier molecular flexibility index (Phi) is 8.86. The highest BCUT2D eigenvalue weighted by atomic mass is 16.5. The summed E-state index contributed by atoms with van der Waals surface area (Å²) in [5, 5.41) is 3.02. The topological polar surface area (TPSA) is 58.6 Å². The molecule has 0 fully saturated rings. The number of benzene rings is 3. The molecule has 0 saturated carbocycles. The van der Waals surface area contributed by atoms with Gasteiger partial charge in [-0.2, -0.15) is 0 Å². The van der Waals surface area contributed by atoms with Crippen molar-refractivity contribution in [2.75, 3.05) is 7.11 Å². The smallest absolute Gasteiger partial charge is 0.243 e. The van der Waals surface area contributed by atoms with Crippen LogP contribution in [-0.2, 0) is 29.0 Å². The Morgan fingerprint density at radius 1 is 0.882 bits per heavy atom. The number of hydrogen-bond donors (Lipinski definition) is 1. The Balaban J connectivity index is 1.97. The van der Waals surface area contributed by atoms with Gasteiger partial charge in [0.1, 0.15) is 11.8 Å². The number of aryl methyl sites for hydroxylation is 1. The maximum Gasteiger partial charge on any atom is 0.243 e. The van der Waals surface area contributed by atoms with Crippen LogP contribution in [0.3, 0.4) is 0 Å². The van der Waals surface area contributed by atoms with E-state index in [2.05, 4.69) is 5.32 Å². The fourth-order valence-electron chi connectivity index (χ4n) is 3.88.